The number of hydrazone groups is 1. The number of hydrogen-bond donors (Lipinski definition) is 2. The van der Waals surface area contributed by atoms with Gasteiger partial charge in [-0.2, -0.15) is 5.10 Å². The maximum atomic E-state index is 12.4. The number of nitrogens with one attached hydrogen (secondary N) is 2. The number of nitrogens with zero attached hydrogens (tertiary/aromatic N) is 1. The molecule has 0 heterocycles. The first-order chi connectivity index (χ1) is 18.0. The Hall–Kier alpha value is -5.04. The molecule has 0 radical (unpaired) electrons. The summed E-state index contributed by atoms with van der Waals surface area (Å²) in [5.41, 5.74) is 6.01. The minimum atomic E-state index is -0.384. The molecule has 0 spiro atoms. The molecule has 7 heteroatoms. The highest BCUT2D eigenvalue weighted by Gasteiger charge is 2.08. The number of carbonyl (C=O) groups excluding carboxylic acids is 3. The maximum Gasteiger partial charge on any atom is 0.315 e. The topological polar surface area (TPSA) is 96.9 Å². The summed E-state index contributed by atoms with van der Waals surface area (Å²) < 4.78 is 5.36. The van der Waals surface area contributed by atoms with Crippen molar-refractivity contribution in [3.8, 4) is 5.75 Å². The van der Waals surface area contributed by atoms with E-state index >= 15 is 0 Å². The molecule has 4 aromatic rings. The number of ether oxygens (including phenoxy) is 1. The third-order valence-electron chi connectivity index (χ3n) is 5.32. The highest BCUT2D eigenvalue weighted by Crippen LogP contribution is 2.13. The van der Waals surface area contributed by atoms with Crippen molar-refractivity contribution in [3.63, 3.8) is 0 Å². The van der Waals surface area contributed by atoms with E-state index in [0.717, 1.165) is 16.7 Å². The van der Waals surface area contributed by atoms with Crippen molar-refractivity contribution < 1.29 is 19.1 Å². The average Bonchev–Trinajstić information content (AvgIpc) is 2.91. The van der Waals surface area contributed by atoms with Gasteiger partial charge in [-0.3, -0.25) is 14.4 Å². The summed E-state index contributed by atoms with van der Waals surface area (Å²) in [6.45, 7) is 0. The highest BCUT2D eigenvalue weighted by molar-refractivity contribution is 5.96. The van der Waals surface area contributed by atoms with Crippen LogP contribution in [-0.2, 0) is 22.4 Å². The van der Waals surface area contributed by atoms with Gasteiger partial charge in [-0.1, -0.05) is 60.7 Å². The van der Waals surface area contributed by atoms with Crippen LogP contribution in [0.3, 0.4) is 0 Å². The quantitative estimate of drug-likeness (QED) is 0.152. The van der Waals surface area contributed by atoms with Crippen LogP contribution in [0, 0.1) is 0 Å². The van der Waals surface area contributed by atoms with Crippen LogP contribution >= 0.6 is 0 Å². The van der Waals surface area contributed by atoms with Gasteiger partial charge in [-0.15, -0.1) is 0 Å². The van der Waals surface area contributed by atoms with Crippen molar-refractivity contribution in [2.75, 3.05) is 5.32 Å². The molecule has 0 aliphatic carbocycles. The number of carbonyl (C=O) groups is 3. The predicted molar refractivity (Wildman–Crippen MR) is 143 cm³/mol. The fraction of sp³-hybridized carbons (Fsp3) is 0.0667. The third kappa shape index (κ3) is 8.00. The molecular formula is C30H25N3O4. The van der Waals surface area contributed by atoms with Gasteiger partial charge in [-0.25, -0.2) is 5.43 Å². The minimum Gasteiger partial charge on any atom is -0.426 e. The van der Waals surface area contributed by atoms with Crippen molar-refractivity contribution in [3.05, 3.63) is 131 Å². The van der Waals surface area contributed by atoms with Crippen LogP contribution in [0.2, 0.25) is 0 Å². The summed E-state index contributed by atoms with van der Waals surface area (Å²) in [7, 11) is 0. The summed E-state index contributed by atoms with van der Waals surface area (Å²) in [6.07, 6.45) is 1.96. The van der Waals surface area contributed by atoms with Crippen molar-refractivity contribution in [1.29, 1.82) is 0 Å². The van der Waals surface area contributed by atoms with Gasteiger partial charge in [-0.05, 0) is 65.2 Å². The number of hydrogen-bond acceptors (Lipinski definition) is 5. The maximum absolute atomic E-state index is 12.4. The van der Waals surface area contributed by atoms with E-state index in [-0.39, 0.29) is 30.6 Å². The Morgan fingerprint density at radius 2 is 1.30 bits per heavy atom. The van der Waals surface area contributed by atoms with E-state index in [9.17, 15) is 14.4 Å². The second-order valence-corrected chi connectivity index (χ2v) is 8.19. The molecule has 0 unspecified atom stereocenters. The zero-order valence-electron chi connectivity index (χ0n) is 20.0. The molecule has 0 aliphatic heterocycles. The van der Waals surface area contributed by atoms with Crippen LogP contribution < -0.4 is 15.5 Å². The molecule has 0 saturated heterocycles. The molecular weight excluding hydrogens is 466 g/mol. The number of amides is 2. The lowest BCUT2D eigenvalue weighted by molar-refractivity contribution is -0.133. The zero-order valence-corrected chi connectivity index (χ0v) is 20.0. The standard InChI is InChI=1S/C30H25N3O4/c34-28(19-22-7-3-1-4-8-22)32-26-15-13-25(14-16-26)30(36)33-31-21-24-11-17-27(18-12-24)37-29(35)20-23-9-5-2-6-10-23/h1-18,21H,19-20H2,(H,32,34)(H,33,36). The SMILES string of the molecule is O=C(Cc1ccccc1)Nc1ccc(C(=O)NN=Cc2ccc(OC(=O)Cc3ccccc3)cc2)cc1. The molecule has 0 saturated carbocycles. The van der Waals surface area contributed by atoms with Gasteiger partial charge in [0.1, 0.15) is 5.75 Å². The first kappa shape index (κ1) is 25.1. The lowest BCUT2D eigenvalue weighted by Gasteiger charge is -2.06. The van der Waals surface area contributed by atoms with E-state index in [1.165, 1.54) is 6.21 Å². The minimum absolute atomic E-state index is 0.134. The smallest absolute Gasteiger partial charge is 0.315 e. The van der Waals surface area contributed by atoms with Crippen molar-refractivity contribution in [1.82, 2.24) is 5.43 Å². The summed E-state index contributed by atoms with van der Waals surface area (Å²) in [5.74, 6) is -0.436. The largest absolute Gasteiger partial charge is 0.426 e. The molecule has 37 heavy (non-hydrogen) atoms. The normalized spacial score (nSPS) is 10.6. The Kier molecular flexibility index (Phi) is 8.54. The predicted octanol–water partition coefficient (Wildman–Crippen LogP) is 4.78. The molecule has 184 valence electrons. The number of anilines is 1. The third-order valence-corrected chi connectivity index (χ3v) is 5.32. The molecule has 0 aromatic heterocycles. The van der Waals surface area contributed by atoms with E-state index in [4.69, 9.17) is 4.74 Å². The monoisotopic (exact) mass is 491 g/mol. The second-order valence-electron chi connectivity index (χ2n) is 8.19. The van der Waals surface area contributed by atoms with Crippen molar-refractivity contribution in [2.45, 2.75) is 12.8 Å². The summed E-state index contributed by atoms with van der Waals surface area (Å²) in [6, 6.07) is 32.2. The Morgan fingerprint density at radius 3 is 1.92 bits per heavy atom. The fourth-order valence-electron chi connectivity index (χ4n) is 3.47. The Morgan fingerprint density at radius 1 is 0.703 bits per heavy atom. The van der Waals surface area contributed by atoms with Crippen LogP contribution in [0.15, 0.2) is 114 Å². The lowest BCUT2D eigenvalue weighted by atomic mass is 10.1. The van der Waals surface area contributed by atoms with Crippen molar-refractivity contribution in [2.24, 2.45) is 5.10 Å². The number of esters is 1. The van der Waals surface area contributed by atoms with E-state index in [1.54, 1.807) is 48.5 Å². The van der Waals surface area contributed by atoms with Gasteiger partial charge >= 0.3 is 5.97 Å². The Labute approximate surface area is 214 Å². The number of rotatable bonds is 9. The van der Waals surface area contributed by atoms with Gasteiger partial charge in [0.15, 0.2) is 0 Å². The zero-order chi connectivity index (χ0) is 25.9. The van der Waals surface area contributed by atoms with Crippen LogP contribution in [-0.4, -0.2) is 24.0 Å². The molecule has 0 atom stereocenters. The van der Waals surface area contributed by atoms with E-state index in [0.29, 0.717) is 17.0 Å². The Bertz CT molecular complexity index is 1370. The molecule has 0 fully saturated rings. The van der Waals surface area contributed by atoms with Crippen LogP contribution in [0.1, 0.15) is 27.0 Å². The van der Waals surface area contributed by atoms with Gasteiger partial charge in [0.05, 0.1) is 19.1 Å². The summed E-state index contributed by atoms with van der Waals surface area (Å²) >= 11 is 0. The van der Waals surface area contributed by atoms with Crippen LogP contribution in [0.4, 0.5) is 5.69 Å². The van der Waals surface area contributed by atoms with Gasteiger partial charge in [0, 0.05) is 11.3 Å². The van der Waals surface area contributed by atoms with Crippen LogP contribution in [0.5, 0.6) is 5.75 Å². The second kappa shape index (κ2) is 12.6. The molecule has 4 aromatic carbocycles. The fourth-order valence-corrected chi connectivity index (χ4v) is 3.47. The number of benzene rings is 4. The molecule has 2 amide bonds. The summed E-state index contributed by atoms with van der Waals surface area (Å²) in [4.78, 5) is 36.6. The molecule has 4 rings (SSSR count). The molecule has 0 aliphatic rings. The van der Waals surface area contributed by atoms with Gasteiger partial charge < -0.3 is 10.1 Å². The average molecular weight is 492 g/mol. The van der Waals surface area contributed by atoms with Gasteiger partial charge in [0.2, 0.25) is 5.91 Å². The highest BCUT2D eigenvalue weighted by atomic mass is 16.5. The van der Waals surface area contributed by atoms with E-state index in [2.05, 4.69) is 15.8 Å². The van der Waals surface area contributed by atoms with E-state index in [1.807, 2.05) is 60.7 Å². The lowest BCUT2D eigenvalue weighted by Crippen LogP contribution is -2.18. The molecule has 2 N–H and O–H groups in total. The summed E-state index contributed by atoms with van der Waals surface area (Å²) in [5, 5.41) is 6.80. The Balaban J connectivity index is 1.23. The molecule has 7 nitrogen and oxygen atoms in total. The van der Waals surface area contributed by atoms with Crippen LogP contribution in [0.25, 0.3) is 0 Å². The molecule has 0 bridgehead atoms. The van der Waals surface area contributed by atoms with E-state index < -0.39 is 0 Å². The van der Waals surface area contributed by atoms with Crippen molar-refractivity contribution >= 4 is 29.7 Å². The first-order valence-electron chi connectivity index (χ1n) is 11.7. The van der Waals surface area contributed by atoms with Gasteiger partial charge in [0.25, 0.3) is 5.91 Å². The first-order valence-corrected chi connectivity index (χ1v) is 11.7.